The molecule has 1 aliphatic rings. The van der Waals surface area contributed by atoms with E-state index in [1.165, 1.54) is 23.3 Å². The van der Waals surface area contributed by atoms with Crippen LogP contribution < -0.4 is 20.9 Å². The van der Waals surface area contributed by atoms with Gasteiger partial charge in [0.1, 0.15) is 11.9 Å². The van der Waals surface area contributed by atoms with Gasteiger partial charge in [-0.2, -0.15) is 23.8 Å². The van der Waals surface area contributed by atoms with Crippen LogP contribution in [-0.4, -0.2) is 79.7 Å². The predicted octanol–water partition coefficient (Wildman–Crippen LogP) is 3.64. The summed E-state index contributed by atoms with van der Waals surface area (Å²) in [6.45, 7) is 4.41. The molecule has 42 heavy (non-hydrogen) atoms. The molecule has 0 bridgehead atoms. The van der Waals surface area contributed by atoms with Gasteiger partial charge in [0.25, 0.3) is 0 Å². The zero-order valence-electron chi connectivity index (χ0n) is 23.2. The quantitative estimate of drug-likeness (QED) is 0.280. The maximum Gasteiger partial charge on any atom is 0.412 e. The summed E-state index contributed by atoms with van der Waals surface area (Å²) < 4.78 is 39.0. The number of imidazole rings is 1. The molecular weight excluding hydrogens is 554 g/mol. The van der Waals surface area contributed by atoms with Crippen LogP contribution >= 0.6 is 0 Å². The number of morpholine rings is 1. The number of nitrogens with zero attached hydrogens (tertiary/aromatic N) is 7. The molecule has 1 aliphatic heterocycles. The molecule has 222 valence electrons. The molecule has 3 N–H and O–H groups in total. The van der Waals surface area contributed by atoms with E-state index in [4.69, 9.17) is 9.47 Å². The second kappa shape index (κ2) is 11.9. The van der Waals surface area contributed by atoms with Gasteiger partial charge >= 0.3 is 12.6 Å². The van der Waals surface area contributed by atoms with E-state index in [1.54, 1.807) is 45.0 Å². The Labute approximate surface area is 239 Å². The molecule has 4 heterocycles. The summed E-state index contributed by atoms with van der Waals surface area (Å²) in [5.74, 6) is 0.274. The number of hydrogen-bond acceptors (Lipinski definition) is 10. The summed E-state index contributed by atoms with van der Waals surface area (Å²) in [5.41, 5.74) is 1.28. The molecule has 2 amide bonds. The molecule has 0 unspecified atom stereocenters. The Kier molecular flexibility index (Phi) is 8.15. The fourth-order valence-electron chi connectivity index (χ4n) is 4.13. The number of carbonyl (C=O) groups excluding carboxylic acids is 2. The van der Waals surface area contributed by atoms with Gasteiger partial charge < -0.3 is 25.0 Å². The molecule has 0 spiro atoms. The first kappa shape index (κ1) is 28.7. The lowest BCUT2D eigenvalue weighted by Crippen LogP contribution is -2.37. The Bertz CT molecular complexity index is 1580. The molecular formula is C26H30F2N10O4. The highest BCUT2D eigenvalue weighted by atomic mass is 19.3. The Balaban J connectivity index is 1.34. The highest BCUT2D eigenvalue weighted by Crippen LogP contribution is 2.26. The largest absolute Gasteiger partial charge is 0.444 e. The summed E-state index contributed by atoms with van der Waals surface area (Å²) in [6, 6.07) is 6.63. The zero-order chi connectivity index (χ0) is 29.9. The number of alkyl halides is 2. The number of halogens is 2. The lowest BCUT2D eigenvalue weighted by molar-refractivity contribution is -0.114. The van der Waals surface area contributed by atoms with E-state index in [1.807, 2.05) is 4.90 Å². The summed E-state index contributed by atoms with van der Waals surface area (Å²) in [6.07, 6.45) is 3.30. The van der Waals surface area contributed by atoms with Gasteiger partial charge in [-0.15, -0.1) is 0 Å². The lowest BCUT2D eigenvalue weighted by atomic mass is 10.2. The molecule has 0 aliphatic carbocycles. The first-order valence-corrected chi connectivity index (χ1v) is 13.1. The number of ether oxygens (including phenoxy) is 2. The second-order valence-corrected chi connectivity index (χ2v) is 10.3. The van der Waals surface area contributed by atoms with Gasteiger partial charge in [0.2, 0.25) is 11.9 Å². The number of anilines is 4. The van der Waals surface area contributed by atoms with Crippen molar-refractivity contribution in [3.05, 3.63) is 43.0 Å². The summed E-state index contributed by atoms with van der Waals surface area (Å²) in [7, 11) is 0. The van der Waals surface area contributed by atoms with Gasteiger partial charge in [0.15, 0.2) is 17.0 Å². The summed E-state index contributed by atoms with van der Waals surface area (Å²) in [5, 5.41) is 12.1. The standard InChI is InChI=1S/C26H30F2N10O4/c1-26(2,3)42-25(40)33-17-6-4-5-16(11-17)32-19(39)13-29-21-20-22(35-24(34-21)36-7-9-41-10-8-36)37(15-30-20)18-12-31-38(14-18)23(27)28/h4-6,11-12,14-15,23H,7-10,13H2,1-3H3,(H,32,39)(H,33,40)(H,29,34,35). The van der Waals surface area contributed by atoms with E-state index < -0.39 is 18.2 Å². The molecule has 0 saturated carbocycles. The van der Waals surface area contributed by atoms with E-state index in [2.05, 4.69) is 36.0 Å². The smallest absolute Gasteiger partial charge is 0.412 e. The minimum atomic E-state index is -2.79. The fourth-order valence-corrected chi connectivity index (χ4v) is 4.13. The monoisotopic (exact) mass is 584 g/mol. The molecule has 14 nitrogen and oxygen atoms in total. The number of fused-ring (bicyclic) bond motifs is 1. The van der Waals surface area contributed by atoms with Crippen LogP contribution in [-0.2, 0) is 14.3 Å². The van der Waals surface area contributed by atoms with Crippen molar-refractivity contribution < 1.29 is 27.8 Å². The molecule has 0 atom stereocenters. The highest BCUT2D eigenvalue weighted by molar-refractivity contribution is 5.96. The van der Waals surface area contributed by atoms with Crippen LogP contribution in [0.5, 0.6) is 0 Å². The van der Waals surface area contributed by atoms with Crippen molar-refractivity contribution in [3.8, 4) is 5.69 Å². The fraction of sp³-hybridized carbons (Fsp3) is 0.385. The van der Waals surface area contributed by atoms with Crippen molar-refractivity contribution >= 4 is 46.3 Å². The number of hydrogen-bond donors (Lipinski definition) is 3. The molecule has 0 radical (unpaired) electrons. The number of aromatic nitrogens is 6. The Morgan fingerprint density at radius 2 is 1.86 bits per heavy atom. The number of amides is 2. The van der Waals surface area contributed by atoms with Crippen molar-refractivity contribution in [3.63, 3.8) is 0 Å². The van der Waals surface area contributed by atoms with Crippen LogP contribution in [0.3, 0.4) is 0 Å². The van der Waals surface area contributed by atoms with Crippen molar-refractivity contribution in [1.82, 2.24) is 29.3 Å². The summed E-state index contributed by atoms with van der Waals surface area (Å²) >= 11 is 0. The Morgan fingerprint density at radius 1 is 1.12 bits per heavy atom. The molecule has 5 rings (SSSR count). The van der Waals surface area contributed by atoms with Crippen molar-refractivity contribution in [2.45, 2.75) is 32.9 Å². The second-order valence-electron chi connectivity index (χ2n) is 10.3. The summed E-state index contributed by atoms with van der Waals surface area (Å²) in [4.78, 5) is 40.5. The van der Waals surface area contributed by atoms with E-state index in [0.717, 1.165) is 0 Å². The van der Waals surface area contributed by atoms with Gasteiger partial charge in [-0.25, -0.2) is 14.5 Å². The van der Waals surface area contributed by atoms with Gasteiger partial charge in [-0.05, 0) is 39.0 Å². The predicted molar refractivity (Wildman–Crippen MR) is 150 cm³/mol. The number of carbonyl (C=O) groups is 2. The topological polar surface area (TPSA) is 153 Å². The Hall–Kier alpha value is -4.86. The first-order chi connectivity index (χ1) is 20.1. The minimum absolute atomic E-state index is 0.172. The van der Waals surface area contributed by atoms with Gasteiger partial charge in [-0.1, -0.05) is 6.07 Å². The maximum atomic E-state index is 13.1. The van der Waals surface area contributed by atoms with Crippen molar-refractivity contribution in [2.24, 2.45) is 0 Å². The number of nitrogens with one attached hydrogen (secondary N) is 3. The van der Waals surface area contributed by atoms with Crippen LogP contribution in [0.1, 0.15) is 27.3 Å². The van der Waals surface area contributed by atoms with Crippen LogP contribution in [0.25, 0.3) is 16.9 Å². The molecule has 4 aromatic rings. The van der Waals surface area contributed by atoms with E-state index in [-0.39, 0.29) is 18.3 Å². The molecule has 1 fully saturated rings. The SMILES string of the molecule is CC(C)(C)OC(=O)Nc1cccc(NC(=O)CNc2nc(N3CCOCC3)nc3c2ncn3-c2cnn(C(F)F)c2)c1. The first-order valence-electron chi connectivity index (χ1n) is 13.1. The zero-order valence-corrected chi connectivity index (χ0v) is 23.2. The van der Waals surface area contributed by atoms with Crippen LogP contribution in [0.4, 0.5) is 36.7 Å². The number of rotatable bonds is 8. The third-order valence-electron chi connectivity index (χ3n) is 5.95. The maximum absolute atomic E-state index is 13.1. The van der Waals surface area contributed by atoms with Gasteiger partial charge in [0, 0.05) is 24.5 Å². The average Bonchev–Trinajstić information content (AvgIpc) is 3.59. The average molecular weight is 585 g/mol. The van der Waals surface area contributed by atoms with Crippen LogP contribution in [0.15, 0.2) is 43.0 Å². The third-order valence-corrected chi connectivity index (χ3v) is 5.95. The third kappa shape index (κ3) is 6.88. The number of benzene rings is 1. The van der Waals surface area contributed by atoms with E-state index in [9.17, 15) is 18.4 Å². The van der Waals surface area contributed by atoms with Gasteiger partial charge in [0.05, 0.1) is 37.8 Å². The van der Waals surface area contributed by atoms with Crippen molar-refractivity contribution in [1.29, 1.82) is 0 Å². The van der Waals surface area contributed by atoms with Crippen LogP contribution in [0, 0.1) is 0 Å². The van der Waals surface area contributed by atoms with E-state index >= 15 is 0 Å². The highest BCUT2D eigenvalue weighted by Gasteiger charge is 2.21. The lowest BCUT2D eigenvalue weighted by Gasteiger charge is -2.27. The minimum Gasteiger partial charge on any atom is -0.444 e. The molecule has 3 aromatic heterocycles. The van der Waals surface area contributed by atoms with Crippen molar-refractivity contribution in [2.75, 3.05) is 53.7 Å². The molecule has 1 aromatic carbocycles. The van der Waals surface area contributed by atoms with Gasteiger partial charge in [-0.3, -0.25) is 14.7 Å². The van der Waals surface area contributed by atoms with E-state index in [0.29, 0.717) is 65.2 Å². The Morgan fingerprint density at radius 3 is 2.55 bits per heavy atom. The molecule has 16 heteroatoms. The molecule has 1 saturated heterocycles. The van der Waals surface area contributed by atoms with Crippen LogP contribution in [0.2, 0.25) is 0 Å². The normalized spacial score (nSPS) is 13.8.